The molecule has 1 N–H and O–H groups in total. The summed E-state index contributed by atoms with van der Waals surface area (Å²) < 4.78 is 2.13. The van der Waals surface area contributed by atoms with Crippen LogP contribution in [0.25, 0.3) is 0 Å². The highest BCUT2D eigenvalue weighted by Crippen LogP contribution is 2.11. The maximum Gasteiger partial charge on any atom is 0.0537 e. The van der Waals surface area contributed by atoms with Crippen molar-refractivity contribution in [3.8, 4) is 0 Å². The van der Waals surface area contributed by atoms with Crippen LogP contribution in [0.3, 0.4) is 0 Å². The Labute approximate surface area is 99.2 Å². The summed E-state index contributed by atoms with van der Waals surface area (Å²) in [6.07, 6.45) is 3.20. The number of rotatable bonds is 6. The molecule has 1 aromatic heterocycles. The van der Waals surface area contributed by atoms with Gasteiger partial charge in [-0.25, -0.2) is 0 Å². The highest BCUT2D eigenvalue weighted by Gasteiger charge is 2.08. The molecule has 1 aromatic rings. The van der Waals surface area contributed by atoms with Gasteiger partial charge in [0.1, 0.15) is 0 Å². The SMILES string of the molecule is CCC(C)Cn1ncc(CNC(C)C)c1C. The summed E-state index contributed by atoms with van der Waals surface area (Å²) >= 11 is 0. The standard InChI is InChI=1S/C13H25N3/c1-6-11(4)9-16-12(5)13(8-15-16)7-14-10(2)3/h8,10-11,14H,6-7,9H2,1-5H3. The molecule has 0 aliphatic rings. The Balaban J connectivity index is 2.61. The Bertz CT molecular complexity index is 315. The molecule has 0 radical (unpaired) electrons. The maximum atomic E-state index is 4.46. The van der Waals surface area contributed by atoms with Crippen molar-refractivity contribution in [2.45, 2.75) is 60.2 Å². The van der Waals surface area contributed by atoms with Crippen molar-refractivity contribution in [2.24, 2.45) is 5.92 Å². The van der Waals surface area contributed by atoms with Gasteiger partial charge in [0.25, 0.3) is 0 Å². The average molecular weight is 223 g/mol. The van der Waals surface area contributed by atoms with Crippen molar-refractivity contribution >= 4 is 0 Å². The van der Waals surface area contributed by atoms with Crippen LogP contribution < -0.4 is 5.32 Å². The van der Waals surface area contributed by atoms with Crippen LogP contribution in [0.2, 0.25) is 0 Å². The fraction of sp³-hybridized carbons (Fsp3) is 0.769. The molecule has 0 aromatic carbocycles. The van der Waals surface area contributed by atoms with Crippen molar-refractivity contribution in [1.29, 1.82) is 0 Å². The Kier molecular flexibility index (Phi) is 5.00. The molecule has 0 aliphatic heterocycles. The lowest BCUT2D eigenvalue weighted by Gasteiger charge is -2.11. The minimum atomic E-state index is 0.525. The molecule has 0 saturated heterocycles. The minimum Gasteiger partial charge on any atom is -0.310 e. The predicted molar refractivity (Wildman–Crippen MR) is 68.4 cm³/mol. The van der Waals surface area contributed by atoms with Crippen molar-refractivity contribution in [3.63, 3.8) is 0 Å². The van der Waals surface area contributed by atoms with Gasteiger partial charge in [0.05, 0.1) is 6.20 Å². The predicted octanol–water partition coefficient (Wildman–Crippen LogP) is 2.74. The van der Waals surface area contributed by atoms with Gasteiger partial charge in [0.2, 0.25) is 0 Å². The van der Waals surface area contributed by atoms with Crippen LogP contribution in [0.15, 0.2) is 6.20 Å². The van der Waals surface area contributed by atoms with E-state index >= 15 is 0 Å². The van der Waals surface area contributed by atoms with Crippen molar-refractivity contribution in [1.82, 2.24) is 15.1 Å². The fourth-order valence-electron chi connectivity index (χ4n) is 1.58. The smallest absolute Gasteiger partial charge is 0.0537 e. The van der Waals surface area contributed by atoms with Crippen LogP contribution in [0, 0.1) is 12.8 Å². The van der Waals surface area contributed by atoms with Gasteiger partial charge >= 0.3 is 0 Å². The van der Waals surface area contributed by atoms with Gasteiger partial charge in [0, 0.05) is 30.4 Å². The van der Waals surface area contributed by atoms with Crippen molar-refractivity contribution in [2.75, 3.05) is 0 Å². The number of hydrogen-bond acceptors (Lipinski definition) is 2. The van der Waals surface area contributed by atoms with Gasteiger partial charge in [-0.05, 0) is 12.8 Å². The van der Waals surface area contributed by atoms with Crippen LogP contribution in [0.4, 0.5) is 0 Å². The van der Waals surface area contributed by atoms with Gasteiger partial charge in [0.15, 0.2) is 0 Å². The summed E-state index contributed by atoms with van der Waals surface area (Å²) in [6, 6.07) is 0.525. The maximum absolute atomic E-state index is 4.46. The number of aromatic nitrogens is 2. The second kappa shape index (κ2) is 6.04. The third-order valence-electron chi connectivity index (χ3n) is 3.09. The van der Waals surface area contributed by atoms with Gasteiger partial charge in [-0.1, -0.05) is 34.1 Å². The first-order valence-corrected chi connectivity index (χ1v) is 6.29. The van der Waals surface area contributed by atoms with E-state index in [0.29, 0.717) is 12.0 Å². The van der Waals surface area contributed by atoms with E-state index in [4.69, 9.17) is 0 Å². The lowest BCUT2D eigenvalue weighted by atomic mass is 10.1. The number of hydrogen-bond donors (Lipinski definition) is 1. The summed E-state index contributed by atoms with van der Waals surface area (Å²) in [5.41, 5.74) is 2.62. The van der Waals surface area contributed by atoms with Crippen LogP contribution >= 0.6 is 0 Å². The summed E-state index contributed by atoms with van der Waals surface area (Å²) in [5, 5.41) is 7.89. The molecule has 1 atom stereocenters. The van der Waals surface area contributed by atoms with Gasteiger partial charge < -0.3 is 5.32 Å². The van der Waals surface area contributed by atoms with Gasteiger partial charge in [-0.2, -0.15) is 5.10 Å². The lowest BCUT2D eigenvalue weighted by molar-refractivity contribution is 0.432. The number of nitrogens with one attached hydrogen (secondary N) is 1. The first-order valence-electron chi connectivity index (χ1n) is 6.29. The normalized spacial score (nSPS) is 13.4. The molecule has 1 heterocycles. The van der Waals surface area contributed by atoms with Crippen LogP contribution in [0.5, 0.6) is 0 Å². The van der Waals surface area contributed by atoms with E-state index in [2.05, 4.69) is 49.7 Å². The van der Waals surface area contributed by atoms with E-state index in [1.54, 1.807) is 0 Å². The molecule has 0 fully saturated rings. The van der Waals surface area contributed by atoms with E-state index in [1.807, 2.05) is 6.20 Å². The topological polar surface area (TPSA) is 29.9 Å². The Morgan fingerprint density at radius 3 is 2.62 bits per heavy atom. The summed E-state index contributed by atoms with van der Waals surface area (Å²) in [7, 11) is 0. The first kappa shape index (κ1) is 13.2. The van der Waals surface area contributed by atoms with Crippen molar-refractivity contribution in [3.05, 3.63) is 17.5 Å². The second-order valence-corrected chi connectivity index (χ2v) is 4.99. The lowest BCUT2D eigenvalue weighted by Crippen LogP contribution is -2.22. The summed E-state index contributed by atoms with van der Waals surface area (Å²) in [6.45, 7) is 12.9. The minimum absolute atomic E-state index is 0.525. The molecular weight excluding hydrogens is 198 g/mol. The first-order chi connectivity index (χ1) is 7.54. The third-order valence-corrected chi connectivity index (χ3v) is 3.09. The molecule has 92 valence electrons. The Hall–Kier alpha value is -0.830. The average Bonchev–Trinajstić information content (AvgIpc) is 2.57. The highest BCUT2D eigenvalue weighted by atomic mass is 15.3. The molecule has 0 amide bonds. The van der Waals surface area contributed by atoms with Crippen molar-refractivity contribution < 1.29 is 0 Å². The molecular formula is C13H25N3. The molecule has 0 saturated carbocycles. The quantitative estimate of drug-likeness (QED) is 0.803. The molecule has 1 unspecified atom stereocenters. The molecule has 3 heteroatoms. The monoisotopic (exact) mass is 223 g/mol. The zero-order valence-electron chi connectivity index (χ0n) is 11.2. The molecule has 0 bridgehead atoms. The van der Waals surface area contributed by atoms with E-state index < -0.39 is 0 Å². The largest absolute Gasteiger partial charge is 0.310 e. The summed E-state index contributed by atoms with van der Waals surface area (Å²) in [5.74, 6) is 0.699. The number of nitrogens with zero attached hydrogens (tertiary/aromatic N) is 2. The van der Waals surface area contributed by atoms with E-state index in [-0.39, 0.29) is 0 Å². The zero-order valence-corrected chi connectivity index (χ0v) is 11.2. The van der Waals surface area contributed by atoms with Gasteiger partial charge in [-0.15, -0.1) is 0 Å². The van der Waals surface area contributed by atoms with E-state index in [1.165, 1.54) is 17.7 Å². The zero-order chi connectivity index (χ0) is 12.1. The second-order valence-electron chi connectivity index (χ2n) is 4.99. The molecule has 1 rings (SSSR count). The highest BCUT2D eigenvalue weighted by molar-refractivity contribution is 5.15. The van der Waals surface area contributed by atoms with Gasteiger partial charge in [-0.3, -0.25) is 4.68 Å². The fourth-order valence-corrected chi connectivity index (χ4v) is 1.58. The molecule has 3 nitrogen and oxygen atoms in total. The molecule has 0 aliphatic carbocycles. The van der Waals surface area contributed by atoms with Crippen LogP contribution in [0.1, 0.15) is 45.4 Å². The van der Waals surface area contributed by atoms with E-state index in [0.717, 1.165) is 13.1 Å². The molecule has 0 spiro atoms. The molecule has 16 heavy (non-hydrogen) atoms. The Morgan fingerprint density at radius 2 is 2.06 bits per heavy atom. The van der Waals surface area contributed by atoms with E-state index in [9.17, 15) is 0 Å². The third kappa shape index (κ3) is 3.63. The van der Waals surface area contributed by atoms with Crippen LogP contribution in [-0.4, -0.2) is 15.8 Å². The Morgan fingerprint density at radius 1 is 1.38 bits per heavy atom. The van der Waals surface area contributed by atoms with Crippen LogP contribution in [-0.2, 0) is 13.1 Å². The summed E-state index contributed by atoms with van der Waals surface area (Å²) in [4.78, 5) is 0.